The molecule has 29 heavy (non-hydrogen) atoms. The number of primary amides is 1. The SMILES string of the molecule is NC(=O)CC[C@H](NC(=O)OCc1ccccc1)C(=O)NNC(=O)c1cnccn1. The number of rotatable bonds is 8. The molecule has 5 N–H and O–H groups in total. The molecule has 0 saturated heterocycles. The second kappa shape index (κ2) is 11.0. The zero-order valence-corrected chi connectivity index (χ0v) is 15.3. The van der Waals surface area contributed by atoms with Crippen molar-refractivity contribution in [1.29, 1.82) is 0 Å². The lowest BCUT2D eigenvalue weighted by molar-refractivity contribution is -0.124. The highest BCUT2D eigenvalue weighted by molar-refractivity contribution is 5.94. The van der Waals surface area contributed by atoms with Crippen LogP contribution in [-0.4, -0.2) is 39.8 Å². The molecular weight excluding hydrogens is 380 g/mol. The van der Waals surface area contributed by atoms with E-state index in [2.05, 4.69) is 26.1 Å². The molecule has 11 nitrogen and oxygen atoms in total. The number of aromatic nitrogens is 2. The number of ether oxygens (including phenoxy) is 1. The molecule has 0 bridgehead atoms. The molecule has 2 rings (SSSR count). The molecule has 1 aromatic heterocycles. The van der Waals surface area contributed by atoms with Gasteiger partial charge in [0.25, 0.3) is 11.8 Å². The molecule has 1 aromatic carbocycles. The van der Waals surface area contributed by atoms with Gasteiger partial charge in [-0.15, -0.1) is 0 Å². The number of benzene rings is 1. The summed E-state index contributed by atoms with van der Waals surface area (Å²) in [5.74, 6) is -2.11. The van der Waals surface area contributed by atoms with Crippen LogP contribution in [0.2, 0.25) is 0 Å². The first-order chi connectivity index (χ1) is 14.0. The minimum Gasteiger partial charge on any atom is -0.445 e. The van der Waals surface area contributed by atoms with Crippen LogP contribution in [0.1, 0.15) is 28.9 Å². The lowest BCUT2D eigenvalue weighted by Crippen LogP contribution is -2.52. The van der Waals surface area contributed by atoms with E-state index in [0.717, 1.165) is 5.56 Å². The van der Waals surface area contributed by atoms with Gasteiger partial charge in [-0.1, -0.05) is 30.3 Å². The highest BCUT2D eigenvalue weighted by Gasteiger charge is 2.23. The minimum atomic E-state index is -1.16. The number of hydrogen-bond donors (Lipinski definition) is 4. The molecule has 0 aliphatic rings. The normalized spacial score (nSPS) is 11.0. The highest BCUT2D eigenvalue weighted by Crippen LogP contribution is 2.02. The van der Waals surface area contributed by atoms with E-state index >= 15 is 0 Å². The van der Waals surface area contributed by atoms with Gasteiger partial charge in [0.2, 0.25) is 5.91 Å². The predicted molar refractivity (Wildman–Crippen MR) is 99.6 cm³/mol. The van der Waals surface area contributed by atoms with Crippen molar-refractivity contribution in [3.63, 3.8) is 0 Å². The van der Waals surface area contributed by atoms with E-state index in [9.17, 15) is 19.2 Å². The number of nitrogens with two attached hydrogens (primary N) is 1. The fourth-order valence-electron chi connectivity index (χ4n) is 2.15. The predicted octanol–water partition coefficient (Wildman–Crippen LogP) is -0.202. The molecule has 11 heteroatoms. The number of nitrogens with zero attached hydrogens (tertiary/aromatic N) is 2. The van der Waals surface area contributed by atoms with Crippen molar-refractivity contribution in [2.24, 2.45) is 5.73 Å². The van der Waals surface area contributed by atoms with Gasteiger partial charge in [-0.2, -0.15) is 0 Å². The molecule has 152 valence electrons. The summed E-state index contributed by atoms with van der Waals surface area (Å²) in [5.41, 5.74) is 10.2. The second-order valence-corrected chi connectivity index (χ2v) is 5.80. The van der Waals surface area contributed by atoms with Crippen molar-refractivity contribution in [2.75, 3.05) is 0 Å². The van der Waals surface area contributed by atoms with Gasteiger partial charge in [-0.3, -0.25) is 30.2 Å². The number of alkyl carbamates (subject to hydrolysis) is 1. The van der Waals surface area contributed by atoms with Crippen LogP contribution in [0.25, 0.3) is 0 Å². The molecule has 0 aliphatic heterocycles. The summed E-state index contributed by atoms with van der Waals surface area (Å²) >= 11 is 0. The van der Waals surface area contributed by atoms with E-state index in [4.69, 9.17) is 10.5 Å². The molecule has 0 unspecified atom stereocenters. The number of carbonyl (C=O) groups excluding carboxylic acids is 4. The second-order valence-electron chi connectivity index (χ2n) is 5.80. The molecule has 0 aliphatic carbocycles. The van der Waals surface area contributed by atoms with Crippen molar-refractivity contribution in [2.45, 2.75) is 25.5 Å². The number of amides is 4. The largest absolute Gasteiger partial charge is 0.445 e. The Morgan fingerprint density at radius 1 is 1.07 bits per heavy atom. The van der Waals surface area contributed by atoms with Crippen LogP contribution in [0, 0.1) is 0 Å². The van der Waals surface area contributed by atoms with Crippen LogP contribution in [0.4, 0.5) is 4.79 Å². The molecule has 0 saturated carbocycles. The number of nitrogens with one attached hydrogen (secondary N) is 3. The maximum absolute atomic E-state index is 12.3. The summed E-state index contributed by atoms with van der Waals surface area (Å²) in [6, 6.07) is 7.79. The third kappa shape index (κ3) is 7.62. The Bertz CT molecular complexity index is 846. The topological polar surface area (TPSA) is 165 Å². The van der Waals surface area contributed by atoms with Crippen molar-refractivity contribution in [3.05, 3.63) is 60.2 Å². The Morgan fingerprint density at radius 2 is 1.83 bits per heavy atom. The zero-order valence-electron chi connectivity index (χ0n) is 15.3. The minimum absolute atomic E-state index is 0.000242. The molecule has 2 aromatic rings. The van der Waals surface area contributed by atoms with Crippen LogP contribution in [-0.2, 0) is 20.9 Å². The fraction of sp³-hybridized carbons (Fsp3) is 0.222. The standard InChI is InChI=1S/C18H20N6O5/c19-15(25)7-6-13(22-18(28)29-11-12-4-2-1-3-5-12)16(26)23-24-17(27)14-10-20-8-9-21-14/h1-5,8-10,13H,6-7,11H2,(H2,19,25)(H,22,28)(H,23,26)(H,24,27)/t13-/m0/s1. The number of hydrazine groups is 1. The summed E-state index contributed by atoms with van der Waals surface area (Å²) in [7, 11) is 0. The summed E-state index contributed by atoms with van der Waals surface area (Å²) in [6.07, 6.45) is 2.82. The quantitative estimate of drug-likeness (QED) is 0.445. The first-order valence-corrected chi connectivity index (χ1v) is 8.57. The summed E-state index contributed by atoms with van der Waals surface area (Å²) in [4.78, 5) is 54.8. The monoisotopic (exact) mass is 400 g/mol. The average molecular weight is 400 g/mol. The average Bonchev–Trinajstić information content (AvgIpc) is 2.74. The van der Waals surface area contributed by atoms with E-state index in [-0.39, 0.29) is 25.1 Å². The van der Waals surface area contributed by atoms with E-state index in [1.807, 2.05) is 6.07 Å². The lowest BCUT2D eigenvalue weighted by Gasteiger charge is -2.18. The van der Waals surface area contributed by atoms with Gasteiger partial charge in [-0.25, -0.2) is 9.78 Å². The van der Waals surface area contributed by atoms with Crippen molar-refractivity contribution >= 4 is 23.8 Å². The maximum atomic E-state index is 12.3. The van der Waals surface area contributed by atoms with Gasteiger partial charge in [0.1, 0.15) is 18.3 Å². The van der Waals surface area contributed by atoms with Crippen LogP contribution < -0.4 is 21.9 Å². The maximum Gasteiger partial charge on any atom is 0.408 e. The van der Waals surface area contributed by atoms with Gasteiger partial charge in [-0.05, 0) is 12.0 Å². The molecule has 0 spiro atoms. The van der Waals surface area contributed by atoms with E-state index in [1.54, 1.807) is 24.3 Å². The Labute approximate surface area is 166 Å². The third-order valence-electron chi connectivity index (χ3n) is 3.60. The van der Waals surface area contributed by atoms with E-state index in [0.29, 0.717) is 0 Å². The fourth-order valence-corrected chi connectivity index (χ4v) is 2.15. The highest BCUT2D eigenvalue weighted by atomic mass is 16.5. The molecule has 0 fully saturated rings. The van der Waals surface area contributed by atoms with E-state index in [1.165, 1.54) is 18.6 Å². The summed E-state index contributed by atoms with van der Waals surface area (Å²) < 4.78 is 5.06. The molecular formula is C18H20N6O5. The van der Waals surface area contributed by atoms with Crippen LogP contribution in [0.15, 0.2) is 48.9 Å². The first-order valence-electron chi connectivity index (χ1n) is 8.57. The van der Waals surface area contributed by atoms with E-state index < -0.39 is 29.9 Å². The third-order valence-corrected chi connectivity index (χ3v) is 3.60. The summed E-state index contributed by atoms with van der Waals surface area (Å²) in [5, 5.41) is 2.35. The van der Waals surface area contributed by atoms with Gasteiger partial charge in [0.05, 0.1) is 6.20 Å². The Morgan fingerprint density at radius 3 is 2.48 bits per heavy atom. The van der Waals surface area contributed by atoms with Crippen molar-refractivity contribution < 1.29 is 23.9 Å². The van der Waals surface area contributed by atoms with Gasteiger partial charge in [0, 0.05) is 18.8 Å². The van der Waals surface area contributed by atoms with Crippen LogP contribution in [0.5, 0.6) is 0 Å². The van der Waals surface area contributed by atoms with Gasteiger partial charge in [0.15, 0.2) is 0 Å². The van der Waals surface area contributed by atoms with Gasteiger partial charge < -0.3 is 15.8 Å². The molecule has 1 atom stereocenters. The van der Waals surface area contributed by atoms with Crippen molar-refractivity contribution in [1.82, 2.24) is 26.1 Å². The van der Waals surface area contributed by atoms with Crippen LogP contribution in [0.3, 0.4) is 0 Å². The molecule has 4 amide bonds. The Hall–Kier alpha value is -4.02. The van der Waals surface area contributed by atoms with Gasteiger partial charge >= 0.3 is 6.09 Å². The Balaban J connectivity index is 1.89. The first kappa shape index (κ1) is 21.3. The van der Waals surface area contributed by atoms with Crippen LogP contribution >= 0.6 is 0 Å². The molecule has 0 radical (unpaired) electrons. The smallest absolute Gasteiger partial charge is 0.408 e. The zero-order chi connectivity index (χ0) is 21.1. The van der Waals surface area contributed by atoms with Crippen molar-refractivity contribution in [3.8, 4) is 0 Å². The Kier molecular flexibility index (Phi) is 8.05. The number of hydrogen-bond acceptors (Lipinski definition) is 7. The lowest BCUT2D eigenvalue weighted by atomic mass is 10.1. The summed E-state index contributed by atoms with van der Waals surface area (Å²) in [6.45, 7) is 0.000242. The number of carbonyl (C=O) groups is 4. The molecule has 1 heterocycles.